The normalized spacial score (nSPS) is 23.8. The van der Waals surface area contributed by atoms with Crippen molar-refractivity contribution in [2.45, 2.75) is 74.1 Å². The first-order valence-corrected chi connectivity index (χ1v) is 12.9. The Bertz CT molecular complexity index is 827. The van der Waals surface area contributed by atoms with Crippen LogP contribution in [0.5, 0.6) is 0 Å². The lowest BCUT2D eigenvalue weighted by Crippen LogP contribution is -2.43. The molecule has 2 heterocycles. The molecular weight excluding hydrogens is 384 g/mol. The van der Waals surface area contributed by atoms with Crippen LogP contribution in [0.1, 0.15) is 58.3 Å². The minimum atomic E-state index is -3.59. The highest BCUT2D eigenvalue weighted by Crippen LogP contribution is 2.28. The molecule has 0 unspecified atom stereocenters. The summed E-state index contributed by atoms with van der Waals surface area (Å²) in [5.74, 6) is 0. The Hall–Kier alpha value is -0.960. The van der Waals surface area contributed by atoms with E-state index in [1.165, 1.54) is 28.6 Å². The summed E-state index contributed by atoms with van der Waals surface area (Å²) in [7, 11) is -7.15. The largest absolute Gasteiger partial charge is 0.243 e. The molecule has 3 rings (SSSR count). The van der Waals surface area contributed by atoms with Crippen molar-refractivity contribution in [1.82, 2.24) is 8.61 Å². The summed E-state index contributed by atoms with van der Waals surface area (Å²) >= 11 is 0. The van der Waals surface area contributed by atoms with Crippen molar-refractivity contribution in [3.8, 4) is 0 Å². The molecule has 0 radical (unpaired) electrons. The molecule has 1 aromatic rings. The Morgan fingerprint density at radius 2 is 1.30 bits per heavy atom. The van der Waals surface area contributed by atoms with E-state index in [2.05, 4.69) is 0 Å². The van der Waals surface area contributed by atoms with Gasteiger partial charge in [-0.3, -0.25) is 0 Å². The van der Waals surface area contributed by atoms with Gasteiger partial charge in [0.1, 0.15) is 0 Å². The van der Waals surface area contributed by atoms with Gasteiger partial charge in [-0.25, -0.2) is 16.8 Å². The SMILES string of the molecule is CC[C@H]1CCCCN1S(=O)(=O)c1ccc(S(=O)(=O)N2CCCCCC2)cc1. The van der Waals surface area contributed by atoms with E-state index in [-0.39, 0.29) is 15.8 Å². The fraction of sp³-hybridized carbons (Fsp3) is 0.684. The van der Waals surface area contributed by atoms with Crippen LogP contribution >= 0.6 is 0 Å². The molecular formula is C19H30N2O4S2. The van der Waals surface area contributed by atoms with Gasteiger partial charge >= 0.3 is 0 Å². The monoisotopic (exact) mass is 414 g/mol. The van der Waals surface area contributed by atoms with Crippen LogP contribution in [0.3, 0.4) is 0 Å². The second-order valence-electron chi connectivity index (χ2n) is 7.46. The fourth-order valence-electron chi connectivity index (χ4n) is 4.05. The Kier molecular flexibility index (Phi) is 6.61. The predicted octanol–water partition coefficient (Wildman–Crippen LogP) is 3.20. The minimum absolute atomic E-state index is 0.0317. The highest BCUT2D eigenvalue weighted by atomic mass is 32.2. The molecule has 27 heavy (non-hydrogen) atoms. The lowest BCUT2D eigenvalue weighted by atomic mass is 10.0. The van der Waals surface area contributed by atoms with Crippen molar-refractivity contribution in [1.29, 1.82) is 0 Å². The molecule has 0 bridgehead atoms. The molecule has 1 atom stereocenters. The van der Waals surface area contributed by atoms with Crippen LogP contribution in [0.2, 0.25) is 0 Å². The second-order valence-corrected chi connectivity index (χ2v) is 11.3. The summed E-state index contributed by atoms with van der Waals surface area (Å²) in [6.07, 6.45) is 7.46. The van der Waals surface area contributed by atoms with E-state index in [0.717, 1.165) is 51.4 Å². The maximum Gasteiger partial charge on any atom is 0.243 e. The number of nitrogens with zero attached hydrogens (tertiary/aromatic N) is 2. The molecule has 2 saturated heterocycles. The molecule has 0 amide bonds. The summed E-state index contributed by atoms with van der Waals surface area (Å²) < 4.78 is 54.9. The topological polar surface area (TPSA) is 74.8 Å². The van der Waals surface area contributed by atoms with E-state index in [1.807, 2.05) is 6.92 Å². The average molecular weight is 415 g/mol. The summed E-state index contributed by atoms with van der Waals surface area (Å²) in [5.41, 5.74) is 0. The van der Waals surface area contributed by atoms with Crippen LogP contribution in [-0.4, -0.2) is 51.1 Å². The smallest absolute Gasteiger partial charge is 0.207 e. The van der Waals surface area contributed by atoms with E-state index in [1.54, 1.807) is 4.31 Å². The summed E-state index contributed by atoms with van der Waals surface area (Å²) in [5, 5.41) is 0. The van der Waals surface area contributed by atoms with Crippen LogP contribution in [-0.2, 0) is 20.0 Å². The third-order valence-electron chi connectivity index (χ3n) is 5.68. The van der Waals surface area contributed by atoms with Crippen molar-refractivity contribution in [3.63, 3.8) is 0 Å². The van der Waals surface area contributed by atoms with E-state index < -0.39 is 20.0 Å². The fourth-order valence-corrected chi connectivity index (χ4v) is 7.33. The molecule has 6 nitrogen and oxygen atoms in total. The van der Waals surface area contributed by atoms with E-state index >= 15 is 0 Å². The molecule has 2 aliphatic rings. The van der Waals surface area contributed by atoms with E-state index in [9.17, 15) is 16.8 Å². The average Bonchev–Trinajstić information content (AvgIpc) is 2.98. The number of hydrogen-bond acceptors (Lipinski definition) is 4. The number of rotatable bonds is 5. The zero-order valence-corrected chi connectivity index (χ0v) is 17.6. The quantitative estimate of drug-likeness (QED) is 0.741. The van der Waals surface area contributed by atoms with Crippen molar-refractivity contribution in [3.05, 3.63) is 24.3 Å². The van der Waals surface area contributed by atoms with Crippen LogP contribution in [0, 0.1) is 0 Å². The summed E-state index contributed by atoms with van der Waals surface area (Å²) in [6, 6.07) is 5.81. The van der Waals surface area contributed by atoms with Crippen molar-refractivity contribution in [2.75, 3.05) is 19.6 Å². The second kappa shape index (κ2) is 8.59. The molecule has 0 aromatic heterocycles. The molecule has 8 heteroatoms. The van der Waals surface area contributed by atoms with Gasteiger partial charge in [-0.2, -0.15) is 8.61 Å². The Morgan fingerprint density at radius 3 is 1.85 bits per heavy atom. The third-order valence-corrected chi connectivity index (χ3v) is 9.56. The van der Waals surface area contributed by atoms with Crippen molar-refractivity contribution < 1.29 is 16.8 Å². The van der Waals surface area contributed by atoms with Crippen LogP contribution in [0.25, 0.3) is 0 Å². The minimum Gasteiger partial charge on any atom is -0.207 e. The standard InChI is InChI=1S/C19H30N2O4S2/c1-2-17-9-5-8-16-21(17)27(24,25)19-12-10-18(11-13-19)26(22,23)20-14-6-3-4-7-15-20/h10-13,17H,2-9,14-16H2,1H3/t17-/m0/s1. The highest BCUT2D eigenvalue weighted by Gasteiger charge is 2.33. The van der Waals surface area contributed by atoms with E-state index in [0.29, 0.717) is 19.6 Å². The maximum atomic E-state index is 13.0. The van der Waals surface area contributed by atoms with Gasteiger partial charge in [0.05, 0.1) is 9.79 Å². The van der Waals surface area contributed by atoms with E-state index in [4.69, 9.17) is 0 Å². The van der Waals surface area contributed by atoms with Gasteiger partial charge in [-0.05, 0) is 56.4 Å². The first-order chi connectivity index (χ1) is 12.9. The van der Waals surface area contributed by atoms with Gasteiger partial charge in [0, 0.05) is 25.7 Å². The van der Waals surface area contributed by atoms with Crippen LogP contribution < -0.4 is 0 Å². The summed E-state index contributed by atoms with van der Waals surface area (Å²) in [6.45, 7) is 3.62. The molecule has 2 aliphatic heterocycles. The predicted molar refractivity (Wildman–Crippen MR) is 105 cm³/mol. The van der Waals surface area contributed by atoms with Gasteiger partial charge in [0.2, 0.25) is 20.0 Å². The molecule has 0 saturated carbocycles. The molecule has 0 aliphatic carbocycles. The number of benzene rings is 1. The molecule has 2 fully saturated rings. The number of sulfonamides is 2. The van der Waals surface area contributed by atoms with Crippen molar-refractivity contribution in [2.24, 2.45) is 0 Å². The van der Waals surface area contributed by atoms with Gasteiger partial charge < -0.3 is 0 Å². The number of hydrogen-bond donors (Lipinski definition) is 0. The lowest BCUT2D eigenvalue weighted by Gasteiger charge is -2.34. The molecule has 152 valence electrons. The van der Waals surface area contributed by atoms with Gasteiger partial charge in [0.15, 0.2) is 0 Å². The Labute approximate surface area is 163 Å². The zero-order chi connectivity index (χ0) is 19.5. The molecule has 0 spiro atoms. The van der Waals surface area contributed by atoms with Gasteiger partial charge in [-0.15, -0.1) is 0 Å². The third kappa shape index (κ3) is 4.39. The van der Waals surface area contributed by atoms with Crippen LogP contribution in [0.15, 0.2) is 34.1 Å². The highest BCUT2D eigenvalue weighted by molar-refractivity contribution is 7.89. The van der Waals surface area contributed by atoms with Crippen LogP contribution in [0.4, 0.5) is 0 Å². The Morgan fingerprint density at radius 1 is 0.778 bits per heavy atom. The maximum absolute atomic E-state index is 13.0. The van der Waals surface area contributed by atoms with Gasteiger partial charge in [-0.1, -0.05) is 26.2 Å². The zero-order valence-electron chi connectivity index (χ0n) is 16.0. The van der Waals surface area contributed by atoms with Crippen molar-refractivity contribution >= 4 is 20.0 Å². The first kappa shape index (κ1) is 20.8. The lowest BCUT2D eigenvalue weighted by molar-refractivity contribution is 0.246. The Balaban J connectivity index is 1.84. The number of piperidine rings is 1. The summed E-state index contributed by atoms with van der Waals surface area (Å²) in [4.78, 5) is 0.353. The molecule has 1 aromatic carbocycles. The van der Waals surface area contributed by atoms with Gasteiger partial charge in [0.25, 0.3) is 0 Å². The molecule has 0 N–H and O–H groups in total. The first-order valence-electron chi connectivity index (χ1n) is 9.99.